The summed E-state index contributed by atoms with van der Waals surface area (Å²) in [7, 11) is 0. The summed E-state index contributed by atoms with van der Waals surface area (Å²) in [6.45, 7) is 7.13. The molecule has 0 radical (unpaired) electrons. The average molecular weight is 518 g/mol. The van der Waals surface area contributed by atoms with Crippen molar-refractivity contribution in [1.29, 1.82) is 0 Å². The van der Waals surface area contributed by atoms with E-state index in [1.807, 2.05) is 18.4 Å². The highest BCUT2D eigenvalue weighted by Gasteiger charge is 2.39. The molecule has 1 atom stereocenters. The number of hydrogen-bond acceptors (Lipinski definition) is 5. The number of nitrogens with zero attached hydrogens (tertiary/aromatic N) is 1. The molecule has 2 aliphatic rings. The molecule has 1 aromatic heterocycles. The molecule has 1 amide bonds. The van der Waals surface area contributed by atoms with Gasteiger partial charge in [-0.2, -0.15) is 0 Å². The summed E-state index contributed by atoms with van der Waals surface area (Å²) in [6.07, 6.45) is 1.53. The summed E-state index contributed by atoms with van der Waals surface area (Å²) in [6, 6.07) is 3.42. The Morgan fingerprint density at radius 1 is 1.29 bits per heavy atom. The van der Waals surface area contributed by atoms with Crippen LogP contribution in [0.2, 0.25) is 5.02 Å². The Morgan fingerprint density at radius 3 is 2.79 bits per heavy atom. The van der Waals surface area contributed by atoms with Gasteiger partial charge in [-0.05, 0) is 66.7 Å². The molecule has 0 spiro atoms. The molecule has 9 heteroatoms. The van der Waals surface area contributed by atoms with Crippen molar-refractivity contribution in [3.8, 4) is 0 Å². The van der Waals surface area contributed by atoms with Gasteiger partial charge < -0.3 is 15.5 Å². The second kappa shape index (κ2) is 10.1. The molecule has 1 fully saturated rings. The number of Topliss-reactive ketones (excluding diaryl/α,β-unsaturated/α-hetero) is 2. The number of carbonyl (C=O) groups excluding carboxylic acids is 3. The molecule has 1 aliphatic heterocycles. The second-order valence-electron chi connectivity index (χ2n) is 9.21. The number of carbonyl (C=O) groups is 3. The maximum atomic E-state index is 13.0. The maximum Gasteiger partial charge on any atom is 0.255 e. The summed E-state index contributed by atoms with van der Waals surface area (Å²) in [5, 5.41) is 9.45. The zero-order chi connectivity index (χ0) is 24.6. The molecule has 2 N–H and O–H groups in total. The van der Waals surface area contributed by atoms with Crippen LogP contribution in [0, 0.1) is 6.92 Å². The minimum absolute atomic E-state index is 0.0328. The van der Waals surface area contributed by atoms with E-state index < -0.39 is 6.04 Å². The van der Waals surface area contributed by atoms with Crippen LogP contribution in [-0.2, 0) is 22.7 Å². The van der Waals surface area contributed by atoms with Gasteiger partial charge in [0.15, 0.2) is 10.9 Å². The van der Waals surface area contributed by atoms with Gasteiger partial charge in [-0.25, -0.2) is 0 Å². The average Bonchev–Trinajstić information content (AvgIpc) is 3.26. The second-order valence-corrected chi connectivity index (χ2v) is 11.0. The third-order valence-corrected chi connectivity index (χ3v) is 8.19. The van der Waals surface area contributed by atoms with E-state index in [9.17, 15) is 14.4 Å². The molecule has 180 valence electrons. The molecule has 4 rings (SSSR count). The Labute approximate surface area is 214 Å². The lowest BCUT2D eigenvalue weighted by atomic mass is 9.97. The van der Waals surface area contributed by atoms with Crippen LogP contribution in [0.15, 0.2) is 17.5 Å². The molecule has 34 heavy (non-hydrogen) atoms. The number of anilines is 1. The zero-order valence-corrected chi connectivity index (χ0v) is 21.9. The summed E-state index contributed by atoms with van der Waals surface area (Å²) in [5.74, 6) is 0.0386. The van der Waals surface area contributed by atoms with E-state index in [-0.39, 0.29) is 23.9 Å². The SMILES string of the molecule is Cc1c(Cl)cc(NC(=S)NCc2scc3c2CN([C@H]2CCCC(=O)CC2=O)C3=O)cc1C(C)C. The fourth-order valence-electron chi connectivity index (χ4n) is 4.66. The number of benzene rings is 1. The molecule has 6 nitrogen and oxygen atoms in total. The molecule has 2 aromatic rings. The Bertz CT molecular complexity index is 1170. The van der Waals surface area contributed by atoms with Gasteiger partial charge in [0, 0.05) is 33.9 Å². The van der Waals surface area contributed by atoms with Gasteiger partial charge >= 0.3 is 0 Å². The number of thiophene rings is 1. The minimum Gasteiger partial charge on any atom is -0.358 e. The van der Waals surface area contributed by atoms with Crippen molar-refractivity contribution in [2.75, 3.05) is 5.32 Å². The van der Waals surface area contributed by atoms with E-state index in [0.717, 1.165) is 21.7 Å². The predicted octanol–water partition coefficient (Wildman–Crippen LogP) is 5.36. The highest BCUT2D eigenvalue weighted by atomic mass is 35.5. The van der Waals surface area contributed by atoms with Crippen molar-refractivity contribution in [1.82, 2.24) is 10.2 Å². The number of halogens is 1. The Morgan fingerprint density at radius 2 is 2.06 bits per heavy atom. The van der Waals surface area contributed by atoms with Crippen molar-refractivity contribution in [2.24, 2.45) is 0 Å². The molecule has 0 unspecified atom stereocenters. The van der Waals surface area contributed by atoms with Crippen molar-refractivity contribution in [3.63, 3.8) is 0 Å². The number of thiocarbonyl (C=S) groups is 1. The molecule has 2 heterocycles. The number of hydrogen-bond donors (Lipinski definition) is 2. The van der Waals surface area contributed by atoms with Crippen LogP contribution < -0.4 is 10.6 Å². The molecular weight excluding hydrogens is 490 g/mol. The van der Waals surface area contributed by atoms with Gasteiger partial charge in [-0.1, -0.05) is 25.4 Å². The van der Waals surface area contributed by atoms with Crippen LogP contribution in [0.4, 0.5) is 5.69 Å². The number of ketones is 2. The molecule has 0 bridgehead atoms. The normalized spacial score (nSPS) is 18.3. The van der Waals surface area contributed by atoms with E-state index in [1.165, 1.54) is 16.9 Å². The third kappa shape index (κ3) is 5.04. The van der Waals surface area contributed by atoms with Crippen LogP contribution in [0.1, 0.15) is 77.4 Å². The maximum absolute atomic E-state index is 13.0. The first-order chi connectivity index (χ1) is 16.2. The largest absolute Gasteiger partial charge is 0.358 e. The molecule has 1 aliphatic carbocycles. The first-order valence-corrected chi connectivity index (χ1v) is 13.1. The van der Waals surface area contributed by atoms with Gasteiger partial charge in [-0.3, -0.25) is 14.4 Å². The van der Waals surface area contributed by atoms with E-state index in [0.29, 0.717) is 54.0 Å². The van der Waals surface area contributed by atoms with Gasteiger partial charge in [0.05, 0.1) is 24.6 Å². The van der Waals surface area contributed by atoms with E-state index in [1.54, 1.807) is 4.90 Å². The molecule has 0 saturated heterocycles. The lowest BCUT2D eigenvalue weighted by Gasteiger charge is -2.25. The lowest BCUT2D eigenvalue weighted by molar-refractivity contribution is -0.128. The third-order valence-electron chi connectivity index (χ3n) is 6.53. The number of fused-ring (bicyclic) bond motifs is 1. The van der Waals surface area contributed by atoms with E-state index in [2.05, 4.69) is 30.5 Å². The number of nitrogens with one attached hydrogen (secondary N) is 2. The van der Waals surface area contributed by atoms with Crippen LogP contribution in [0.25, 0.3) is 0 Å². The quantitative estimate of drug-likeness (QED) is 0.316. The summed E-state index contributed by atoms with van der Waals surface area (Å²) in [4.78, 5) is 40.0. The smallest absolute Gasteiger partial charge is 0.255 e. The van der Waals surface area contributed by atoms with Crippen LogP contribution in [0.5, 0.6) is 0 Å². The zero-order valence-electron chi connectivity index (χ0n) is 19.5. The first kappa shape index (κ1) is 24.8. The first-order valence-electron chi connectivity index (χ1n) is 11.4. The van der Waals surface area contributed by atoms with Gasteiger partial charge in [-0.15, -0.1) is 11.3 Å². The van der Waals surface area contributed by atoms with Crippen molar-refractivity contribution in [3.05, 3.63) is 49.7 Å². The van der Waals surface area contributed by atoms with Crippen molar-refractivity contribution < 1.29 is 14.4 Å². The number of rotatable bonds is 5. The topological polar surface area (TPSA) is 78.5 Å². The summed E-state index contributed by atoms with van der Waals surface area (Å²) < 4.78 is 0. The fraction of sp³-hybridized carbons (Fsp3) is 0.440. The lowest BCUT2D eigenvalue weighted by Crippen LogP contribution is -2.41. The van der Waals surface area contributed by atoms with Crippen LogP contribution >= 0.6 is 35.2 Å². The summed E-state index contributed by atoms with van der Waals surface area (Å²) >= 11 is 13.4. The van der Waals surface area contributed by atoms with Gasteiger partial charge in [0.25, 0.3) is 5.91 Å². The van der Waals surface area contributed by atoms with Crippen LogP contribution in [0.3, 0.4) is 0 Å². The van der Waals surface area contributed by atoms with E-state index in [4.69, 9.17) is 23.8 Å². The van der Waals surface area contributed by atoms with Gasteiger partial charge in [0.2, 0.25) is 0 Å². The van der Waals surface area contributed by atoms with Crippen molar-refractivity contribution in [2.45, 2.75) is 71.5 Å². The molecule has 1 saturated carbocycles. The highest BCUT2D eigenvalue weighted by Crippen LogP contribution is 2.34. The Balaban J connectivity index is 1.41. The van der Waals surface area contributed by atoms with E-state index >= 15 is 0 Å². The standard InChI is InChI=1S/C25H28ClN3O3S2/c1-13(2)17-7-15(8-20(26)14(17)3)28-25(33)27-10-23-18-11-29(24(32)19(18)12-34-23)21-6-4-5-16(30)9-22(21)31/h7-8,12-13,21H,4-6,9-11H2,1-3H3,(H2,27,28,33)/t21-/m0/s1. The van der Waals surface area contributed by atoms with Gasteiger partial charge in [0.1, 0.15) is 5.78 Å². The monoisotopic (exact) mass is 517 g/mol. The Kier molecular flexibility index (Phi) is 7.40. The summed E-state index contributed by atoms with van der Waals surface area (Å²) in [5.41, 5.74) is 4.66. The van der Waals surface area contributed by atoms with Crippen molar-refractivity contribution >= 4 is 63.4 Å². The molecule has 1 aromatic carbocycles. The highest BCUT2D eigenvalue weighted by molar-refractivity contribution is 7.80. The predicted molar refractivity (Wildman–Crippen MR) is 140 cm³/mol. The molecular formula is C25H28ClN3O3S2. The number of amides is 1. The van der Waals surface area contributed by atoms with Crippen LogP contribution in [-0.4, -0.2) is 33.5 Å². The minimum atomic E-state index is -0.513. The Hall–Kier alpha value is -2.29. The fourth-order valence-corrected chi connectivity index (χ4v) is 6.06.